The molecule has 0 atom stereocenters. The van der Waals surface area contributed by atoms with E-state index in [2.05, 4.69) is 6.58 Å². The third-order valence-corrected chi connectivity index (χ3v) is 9.41. The predicted molar refractivity (Wildman–Crippen MR) is 128 cm³/mol. The summed E-state index contributed by atoms with van der Waals surface area (Å²) >= 11 is 2.83. The lowest BCUT2D eigenvalue weighted by Gasteiger charge is -2.24. The van der Waals surface area contributed by atoms with Crippen LogP contribution in [0.15, 0.2) is 43.9 Å². The highest BCUT2D eigenvalue weighted by Crippen LogP contribution is 2.57. The number of allylic oxidation sites excluding steroid dienone is 2. The number of esters is 1. The van der Waals surface area contributed by atoms with Crippen LogP contribution in [-0.4, -0.2) is 5.97 Å². The maximum absolute atomic E-state index is 12.8. The topological polar surface area (TPSA) is 73.9 Å². The molecule has 0 aromatic heterocycles. The van der Waals surface area contributed by atoms with E-state index in [0.29, 0.717) is 15.9 Å². The number of fused-ring (bicyclic) bond motifs is 1. The Morgan fingerprint density at radius 1 is 0.938 bits per heavy atom. The summed E-state index contributed by atoms with van der Waals surface area (Å²) in [6.45, 7) is 4.40. The first-order chi connectivity index (χ1) is 15.6. The molecule has 0 radical (unpaired) electrons. The Morgan fingerprint density at radius 3 is 2.16 bits per heavy atom. The van der Waals surface area contributed by atoms with Crippen LogP contribution in [-0.2, 0) is 11.2 Å². The summed E-state index contributed by atoms with van der Waals surface area (Å²) in [5.74, 6) is 0.916. The van der Waals surface area contributed by atoms with E-state index in [1.165, 1.54) is 67.6 Å². The van der Waals surface area contributed by atoms with E-state index >= 15 is 0 Å². The molecule has 32 heavy (non-hydrogen) atoms. The Kier molecular flexibility index (Phi) is 7.66. The van der Waals surface area contributed by atoms with Crippen molar-refractivity contribution < 1.29 is 9.53 Å². The van der Waals surface area contributed by atoms with Crippen LogP contribution in [0.3, 0.4) is 0 Å². The fourth-order valence-corrected chi connectivity index (χ4v) is 7.44. The molecule has 0 N–H and O–H groups in total. The number of ether oxygens (including phenoxy) is 1. The minimum absolute atomic E-state index is 0.0343. The van der Waals surface area contributed by atoms with Crippen molar-refractivity contribution in [3.8, 4) is 17.9 Å². The first kappa shape index (κ1) is 23.0. The maximum atomic E-state index is 12.8. The SMILES string of the molecule is C=C(Cc1ccc(OC(=O)C2CCCCC2)c2c1SC(=C(C#N)C#N)S2)C1CCCCC1. The molecule has 0 unspecified atom stereocenters. The molecule has 4 nitrogen and oxygen atoms in total. The lowest BCUT2D eigenvalue weighted by atomic mass is 9.82. The van der Waals surface area contributed by atoms with Crippen LogP contribution in [0.1, 0.15) is 69.8 Å². The second-order valence-corrected chi connectivity index (χ2v) is 11.2. The zero-order valence-corrected chi connectivity index (χ0v) is 20.0. The summed E-state index contributed by atoms with van der Waals surface area (Å²) in [4.78, 5) is 14.6. The van der Waals surface area contributed by atoms with Gasteiger partial charge >= 0.3 is 5.97 Å². The van der Waals surface area contributed by atoms with Gasteiger partial charge in [0.15, 0.2) is 0 Å². The standard InChI is InChI=1S/C26H28N2O2S2/c1-17(18-8-4-2-5-9-18)14-20-12-13-22(30-25(29)19-10-6-3-7-11-19)24-23(20)31-26(32-24)21(15-27)16-28/h12-13,18-19H,1-11,14H2. The van der Waals surface area contributed by atoms with Crippen molar-refractivity contribution in [2.75, 3.05) is 0 Å². The Bertz CT molecular complexity index is 940. The molecule has 1 aromatic rings. The molecule has 2 saturated carbocycles. The van der Waals surface area contributed by atoms with E-state index in [1.807, 2.05) is 24.3 Å². The molecule has 6 heteroatoms. The van der Waals surface area contributed by atoms with Crippen molar-refractivity contribution in [2.24, 2.45) is 11.8 Å². The fourth-order valence-electron chi connectivity index (χ4n) is 4.87. The van der Waals surface area contributed by atoms with Crippen LogP contribution < -0.4 is 4.74 Å². The van der Waals surface area contributed by atoms with Gasteiger partial charge in [-0.1, -0.05) is 80.3 Å². The van der Waals surface area contributed by atoms with E-state index < -0.39 is 0 Å². The molecule has 1 aliphatic heterocycles. The third-order valence-electron chi connectivity index (χ3n) is 6.72. The molecule has 3 aliphatic rings. The first-order valence-electron chi connectivity index (χ1n) is 11.6. The van der Waals surface area contributed by atoms with Gasteiger partial charge in [0.05, 0.1) is 15.1 Å². The smallest absolute Gasteiger partial charge is 0.314 e. The lowest BCUT2D eigenvalue weighted by Crippen LogP contribution is -2.23. The fraction of sp³-hybridized carbons (Fsp3) is 0.500. The van der Waals surface area contributed by atoms with Gasteiger partial charge in [-0.05, 0) is 49.7 Å². The number of hydrogen-bond donors (Lipinski definition) is 0. The van der Waals surface area contributed by atoms with Gasteiger partial charge < -0.3 is 4.74 Å². The van der Waals surface area contributed by atoms with Gasteiger partial charge in [-0.3, -0.25) is 4.79 Å². The summed E-state index contributed by atoms with van der Waals surface area (Å²) in [6, 6.07) is 7.93. The van der Waals surface area contributed by atoms with Crippen LogP contribution in [0.2, 0.25) is 0 Å². The van der Waals surface area contributed by atoms with Crippen LogP contribution in [0.5, 0.6) is 5.75 Å². The largest absolute Gasteiger partial charge is 0.425 e. The van der Waals surface area contributed by atoms with Crippen LogP contribution in [0.4, 0.5) is 0 Å². The van der Waals surface area contributed by atoms with Crippen molar-refractivity contribution in [2.45, 2.75) is 80.4 Å². The van der Waals surface area contributed by atoms with Crippen molar-refractivity contribution in [1.29, 1.82) is 10.5 Å². The minimum Gasteiger partial charge on any atom is -0.425 e. The second-order valence-electron chi connectivity index (χ2n) is 8.90. The Labute approximate surface area is 199 Å². The zero-order valence-electron chi connectivity index (χ0n) is 18.3. The molecule has 1 aromatic carbocycles. The number of hydrogen-bond acceptors (Lipinski definition) is 6. The summed E-state index contributed by atoms with van der Waals surface area (Å²) < 4.78 is 6.55. The summed E-state index contributed by atoms with van der Waals surface area (Å²) in [6.07, 6.45) is 12.1. The monoisotopic (exact) mass is 464 g/mol. The van der Waals surface area contributed by atoms with Crippen LogP contribution in [0, 0.1) is 34.5 Å². The summed E-state index contributed by atoms with van der Waals surface area (Å²) in [7, 11) is 0. The number of benzene rings is 1. The molecule has 0 amide bonds. The summed E-state index contributed by atoms with van der Waals surface area (Å²) in [5, 5.41) is 18.8. The summed E-state index contributed by atoms with van der Waals surface area (Å²) in [5.41, 5.74) is 2.50. The maximum Gasteiger partial charge on any atom is 0.314 e. The molecule has 166 valence electrons. The average Bonchev–Trinajstić information content (AvgIpc) is 3.28. The van der Waals surface area contributed by atoms with Crippen molar-refractivity contribution >= 4 is 29.5 Å². The van der Waals surface area contributed by atoms with Gasteiger partial charge in [0.25, 0.3) is 0 Å². The molecule has 1 heterocycles. The number of carbonyl (C=O) groups is 1. The molecule has 0 spiro atoms. The lowest BCUT2D eigenvalue weighted by molar-refractivity contribution is -0.140. The number of nitrogens with zero attached hydrogens (tertiary/aromatic N) is 2. The van der Waals surface area contributed by atoms with Crippen molar-refractivity contribution in [3.63, 3.8) is 0 Å². The van der Waals surface area contributed by atoms with E-state index in [4.69, 9.17) is 4.74 Å². The second kappa shape index (κ2) is 10.6. The van der Waals surface area contributed by atoms with Crippen molar-refractivity contribution in [1.82, 2.24) is 0 Å². The molecule has 0 bridgehead atoms. The van der Waals surface area contributed by atoms with Gasteiger partial charge in [-0.15, -0.1) is 0 Å². The van der Waals surface area contributed by atoms with E-state index in [-0.39, 0.29) is 17.5 Å². The molecular weight excluding hydrogens is 436 g/mol. The van der Waals surface area contributed by atoms with Gasteiger partial charge in [-0.25, -0.2) is 0 Å². The van der Waals surface area contributed by atoms with Gasteiger partial charge in [0.1, 0.15) is 23.5 Å². The molecule has 4 rings (SSSR count). The van der Waals surface area contributed by atoms with Gasteiger partial charge in [0, 0.05) is 4.90 Å². The van der Waals surface area contributed by atoms with Crippen LogP contribution >= 0.6 is 23.5 Å². The van der Waals surface area contributed by atoms with Crippen LogP contribution in [0.25, 0.3) is 0 Å². The minimum atomic E-state index is -0.157. The Morgan fingerprint density at radius 2 is 1.53 bits per heavy atom. The van der Waals surface area contributed by atoms with Gasteiger partial charge in [0.2, 0.25) is 0 Å². The molecule has 2 fully saturated rings. The number of nitriles is 2. The quantitative estimate of drug-likeness (QED) is 0.197. The first-order valence-corrected chi connectivity index (χ1v) is 13.2. The van der Waals surface area contributed by atoms with Crippen molar-refractivity contribution in [3.05, 3.63) is 39.7 Å². The molecule has 2 aliphatic carbocycles. The zero-order chi connectivity index (χ0) is 22.5. The molecular formula is C26H28N2O2S2. The highest BCUT2D eigenvalue weighted by molar-refractivity contribution is 8.24. The number of rotatable bonds is 5. The van der Waals surface area contributed by atoms with E-state index in [9.17, 15) is 15.3 Å². The van der Waals surface area contributed by atoms with E-state index in [0.717, 1.165) is 47.5 Å². The highest BCUT2D eigenvalue weighted by Gasteiger charge is 2.31. The third kappa shape index (κ3) is 5.08. The highest BCUT2D eigenvalue weighted by atomic mass is 32.2. The van der Waals surface area contributed by atoms with Gasteiger partial charge in [-0.2, -0.15) is 10.5 Å². The molecule has 0 saturated heterocycles. The Balaban J connectivity index is 1.61. The Hall–Kier alpha value is -2.15. The number of thioether (sulfide) groups is 2. The number of carbonyl (C=O) groups excluding carboxylic acids is 1. The normalized spacial score (nSPS) is 19.0. The van der Waals surface area contributed by atoms with E-state index in [1.54, 1.807) is 0 Å². The predicted octanol–water partition coefficient (Wildman–Crippen LogP) is 7.31. The average molecular weight is 465 g/mol.